The summed E-state index contributed by atoms with van der Waals surface area (Å²) in [7, 11) is 0. The van der Waals surface area contributed by atoms with E-state index in [-0.39, 0.29) is 5.56 Å². The van der Waals surface area contributed by atoms with Gasteiger partial charge in [-0.3, -0.25) is 0 Å². The molecule has 0 fully saturated rings. The minimum atomic E-state index is -0.914. The van der Waals surface area contributed by atoms with Crippen LogP contribution in [0.15, 0.2) is 34.8 Å². The highest BCUT2D eigenvalue weighted by Crippen LogP contribution is 2.30. The molecule has 0 heterocycles. The summed E-state index contributed by atoms with van der Waals surface area (Å²) in [6.07, 6.45) is -0.557. The van der Waals surface area contributed by atoms with Gasteiger partial charge in [0.05, 0.1) is 11.1 Å². The summed E-state index contributed by atoms with van der Waals surface area (Å²) < 4.78 is 14.4. The van der Waals surface area contributed by atoms with Gasteiger partial charge in [-0.15, -0.1) is 0 Å². The molecule has 0 aliphatic heterocycles. The van der Waals surface area contributed by atoms with Crippen LogP contribution in [0.1, 0.15) is 28.4 Å². The first kappa shape index (κ1) is 15.5. The van der Waals surface area contributed by atoms with Gasteiger partial charge in [0.15, 0.2) is 0 Å². The zero-order valence-corrected chi connectivity index (χ0v) is 13.6. The highest BCUT2D eigenvalue weighted by molar-refractivity contribution is 9.10. The lowest BCUT2D eigenvalue weighted by molar-refractivity contribution is 0.173. The first-order chi connectivity index (χ1) is 9.38. The van der Waals surface area contributed by atoms with Crippen molar-refractivity contribution in [3.63, 3.8) is 0 Å². The van der Waals surface area contributed by atoms with Crippen LogP contribution >= 0.6 is 27.5 Å². The Kier molecular flexibility index (Phi) is 4.84. The average molecular weight is 358 g/mol. The van der Waals surface area contributed by atoms with E-state index in [0.717, 1.165) is 11.1 Å². The molecule has 0 saturated carbocycles. The van der Waals surface area contributed by atoms with Crippen molar-refractivity contribution in [1.29, 1.82) is 0 Å². The topological polar surface area (TPSA) is 20.2 Å². The van der Waals surface area contributed by atoms with Gasteiger partial charge >= 0.3 is 0 Å². The summed E-state index contributed by atoms with van der Waals surface area (Å²) >= 11 is 9.11. The minimum Gasteiger partial charge on any atom is -0.388 e. The van der Waals surface area contributed by atoms with Gasteiger partial charge in [0.1, 0.15) is 5.82 Å². The molecule has 0 aromatic heterocycles. The van der Waals surface area contributed by atoms with Crippen molar-refractivity contribution in [3.05, 3.63) is 67.9 Å². The van der Waals surface area contributed by atoms with Crippen LogP contribution in [-0.2, 0) is 6.42 Å². The Morgan fingerprint density at radius 2 is 1.90 bits per heavy atom. The molecule has 0 aliphatic rings. The van der Waals surface area contributed by atoms with Gasteiger partial charge < -0.3 is 5.11 Å². The second-order valence-corrected chi connectivity index (χ2v) is 6.19. The smallest absolute Gasteiger partial charge is 0.130 e. The monoisotopic (exact) mass is 356 g/mol. The maximum Gasteiger partial charge on any atom is 0.130 e. The normalized spacial score (nSPS) is 12.5. The fourth-order valence-corrected chi connectivity index (χ4v) is 2.54. The number of halogens is 3. The third-order valence-electron chi connectivity index (χ3n) is 3.40. The molecule has 0 aliphatic carbocycles. The highest BCUT2D eigenvalue weighted by Gasteiger charge is 2.16. The summed E-state index contributed by atoms with van der Waals surface area (Å²) in [6.45, 7) is 4.05. The summed E-state index contributed by atoms with van der Waals surface area (Å²) in [5.41, 5.74) is 3.54. The molecular formula is C16H15BrClFO. The van der Waals surface area contributed by atoms with E-state index in [2.05, 4.69) is 15.9 Å². The molecule has 20 heavy (non-hydrogen) atoms. The standard InChI is InChI=1S/C16H15BrClFO/c1-9-3-4-11(5-10(9)2)6-16(20)12-7-14(18)13(17)8-15(12)19/h3-5,7-8,16,20H,6H2,1-2H3. The minimum absolute atomic E-state index is 0.219. The molecule has 0 bridgehead atoms. The number of aliphatic hydroxyl groups is 1. The molecule has 0 amide bonds. The Bertz CT molecular complexity index is 643. The average Bonchev–Trinajstić information content (AvgIpc) is 2.38. The van der Waals surface area contributed by atoms with Gasteiger partial charge in [-0.25, -0.2) is 4.39 Å². The van der Waals surface area contributed by atoms with Crippen molar-refractivity contribution in [2.75, 3.05) is 0 Å². The van der Waals surface area contributed by atoms with Crippen molar-refractivity contribution in [2.24, 2.45) is 0 Å². The van der Waals surface area contributed by atoms with Crippen LogP contribution in [0.2, 0.25) is 5.02 Å². The number of hydrogen-bond donors (Lipinski definition) is 1. The molecule has 4 heteroatoms. The molecule has 1 N–H and O–H groups in total. The number of aliphatic hydroxyl groups excluding tert-OH is 1. The fourth-order valence-electron chi connectivity index (χ4n) is 2.06. The Morgan fingerprint density at radius 1 is 1.20 bits per heavy atom. The van der Waals surface area contributed by atoms with Crippen molar-refractivity contribution < 1.29 is 9.50 Å². The molecule has 1 unspecified atom stereocenters. The molecule has 0 radical (unpaired) electrons. The maximum absolute atomic E-state index is 13.9. The molecule has 2 aromatic rings. The third-order valence-corrected chi connectivity index (χ3v) is 4.60. The molecule has 1 atom stereocenters. The second kappa shape index (κ2) is 6.25. The molecule has 2 aromatic carbocycles. The fraction of sp³-hybridized carbons (Fsp3) is 0.250. The lowest BCUT2D eigenvalue weighted by Gasteiger charge is -2.14. The molecule has 2 rings (SSSR count). The van der Waals surface area contributed by atoms with Crippen LogP contribution in [0.3, 0.4) is 0 Å². The number of benzene rings is 2. The van der Waals surface area contributed by atoms with E-state index in [9.17, 15) is 9.50 Å². The van der Waals surface area contributed by atoms with E-state index in [1.54, 1.807) is 0 Å². The zero-order valence-electron chi connectivity index (χ0n) is 11.3. The molecule has 106 valence electrons. The van der Waals surface area contributed by atoms with Gasteiger partial charge in [-0.1, -0.05) is 29.8 Å². The van der Waals surface area contributed by atoms with Crippen molar-refractivity contribution >= 4 is 27.5 Å². The Labute approximate surface area is 131 Å². The van der Waals surface area contributed by atoms with Crippen LogP contribution in [-0.4, -0.2) is 5.11 Å². The number of hydrogen-bond acceptors (Lipinski definition) is 1. The van der Waals surface area contributed by atoms with Crippen LogP contribution in [0.25, 0.3) is 0 Å². The van der Waals surface area contributed by atoms with E-state index >= 15 is 0 Å². The van der Waals surface area contributed by atoms with Crippen LogP contribution in [0.4, 0.5) is 4.39 Å². The third kappa shape index (κ3) is 3.40. The van der Waals surface area contributed by atoms with Gasteiger partial charge in [0.25, 0.3) is 0 Å². The summed E-state index contributed by atoms with van der Waals surface area (Å²) in [5, 5.41) is 10.6. The number of rotatable bonds is 3. The molecule has 0 spiro atoms. The van der Waals surface area contributed by atoms with Crippen LogP contribution < -0.4 is 0 Å². The Morgan fingerprint density at radius 3 is 2.55 bits per heavy atom. The van der Waals surface area contributed by atoms with Crippen LogP contribution in [0.5, 0.6) is 0 Å². The van der Waals surface area contributed by atoms with Crippen molar-refractivity contribution in [1.82, 2.24) is 0 Å². The van der Waals surface area contributed by atoms with Gasteiger partial charge in [-0.2, -0.15) is 0 Å². The van der Waals surface area contributed by atoms with Gasteiger partial charge in [-0.05, 0) is 58.6 Å². The quantitative estimate of drug-likeness (QED) is 0.755. The van der Waals surface area contributed by atoms with Gasteiger partial charge in [0, 0.05) is 16.5 Å². The molecular weight excluding hydrogens is 343 g/mol. The van der Waals surface area contributed by atoms with E-state index in [4.69, 9.17) is 11.6 Å². The predicted octanol–water partition coefficient (Wildman–Crippen LogP) is 5.13. The van der Waals surface area contributed by atoms with Crippen molar-refractivity contribution in [2.45, 2.75) is 26.4 Å². The van der Waals surface area contributed by atoms with E-state index in [1.165, 1.54) is 17.7 Å². The van der Waals surface area contributed by atoms with Gasteiger partial charge in [0.2, 0.25) is 0 Å². The largest absolute Gasteiger partial charge is 0.388 e. The van der Waals surface area contributed by atoms with E-state index in [1.807, 2.05) is 32.0 Å². The first-order valence-corrected chi connectivity index (χ1v) is 7.44. The SMILES string of the molecule is Cc1ccc(CC(O)c2cc(Cl)c(Br)cc2F)cc1C. The summed E-state index contributed by atoms with van der Waals surface area (Å²) in [6, 6.07) is 8.71. The Hall–Kier alpha value is -0.900. The second-order valence-electron chi connectivity index (χ2n) is 4.93. The summed E-state index contributed by atoms with van der Waals surface area (Å²) in [4.78, 5) is 0. The first-order valence-electron chi connectivity index (χ1n) is 6.27. The lowest BCUT2D eigenvalue weighted by atomic mass is 9.98. The lowest BCUT2D eigenvalue weighted by Crippen LogP contribution is -2.05. The van der Waals surface area contributed by atoms with Crippen molar-refractivity contribution in [3.8, 4) is 0 Å². The van der Waals surface area contributed by atoms with Crippen LogP contribution in [0, 0.1) is 19.7 Å². The highest BCUT2D eigenvalue weighted by atomic mass is 79.9. The Balaban J connectivity index is 2.25. The number of aryl methyl sites for hydroxylation is 2. The molecule has 0 saturated heterocycles. The van der Waals surface area contributed by atoms with E-state index < -0.39 is 11.9 Å². The maximum atomic E-state index is 13.9. The predicted molar refractivity (Wildman–Crippen MR) is 83.7 cm³/mol. The molecule has 1 nitrogen and oxygen atoms in total. The van der Waals surface area contributed by atoms with E-state index in [0.29, 0.717) is 15.9 Å². The zero-order chi connectivity index (χ0) is 14.9. The summed E-state index contributed by atoms with van der Waals surface area (Å²) in [5.74, 6) is -0.461.